The molecule has 5 heteroatoms. The van der Waals surface area contributed by atoms with Gasteiger partial charge in [-0.05, 0) is 14.0 Å². The molecular weight excluding hydrogens is 210 g/mol. The fraction of sp³-hybridized carbons (Fsp3) is 0.700. The van der Waals surface area contributed by atoms with Crippen molar-refractivity contribution in [3.05, 3.63) is 11.1 Å². The van der Waals surface area contributed by atoms with Crippen LogP contribution < -0.4 is 10.2 Å². The van der Waals surface area contributed by atoms with E-state index in [9.17, 15) is 0 Å². The molecule has 0 fully saturated rings. The summed E-state index contributed by atoms with van der Waals surface area (Å²) in [7, 11) is 5.70. The molecule has 0 spiro atoms. The molecule has 0 saturated heterocycles. The van der Waals surface area contributed by atoms with Gasteiger partial charge >= 0.3 is 0 Å². The van der Waals surface area contributed by atoms with Gasteiger partial charge in [0.25, 0.3) is 0 Å². The van der Waals surface area contributed by atoms with E-state index in [1.54, 1.807) is 18.4 Å². The summed E-state index contributed by atoms with van der Waals surface area (Å²) in [4.78, 5) is 7.76. The minimum Gasteiger partial charge on any atom is -0.383 e. The van der Waals surface area contributed by atoms with Crippen LogP contribution in [0.2, 0.25) is 0 Å². The number of nitrogens with one attached hydrogen (secondary N) is 1. The first-order chi connectivity index (χ1) is 7.19. The molecule has 0 aliphatic carbocycles. The zero-order valence-corrected chi connectivity index (χ0v) is 10.6. The lowest BCUT2D eigenvalue weighted by atomic mass is 10.3. The van der Waals surface area contributed by atoms with Crippen molar-refractivity contribution in [3.8, 4) is 0 Å². The summed E-state index contributed by atoms with van der Waals surface area (Å²) in [5.41, 5.74) is 0. The average molecular weight is 229 g/mol. The van der Waals surface area contributed by atoms with Crippen molar-refractivity contribution in [1.82, 2.24) is 10.3 Å². The van der Waals surface area contributed by atoms with Gasteiger partial charge in [0.05, 0.1) is 6.61 Å². The van der Waals surface area contributed by atoms with E-state index in [0.29, 0.717) is 6.04 Å². The normalized spacial score (nSPS) is 12.8. The number of nitrogens with zero attached hydrogens (tertiary/aromatic N) is 2. The topological polar surface area (TPSA) is 37.4 Å². The van der Waals surface area contributed by atoms with Gasteiger partial charge < -0.3 is 15.0 Å². The van der Waals surface area contributed by atoms with Gasteiger partial charge in [-0.1, -0.05) is 0 Å². The molecule has 1 aromatic rings. The molecule has 0 amide bonds. The predicted octanol–water partition coefficient (Wildman–Crippen LogP) is 1.51. The minimum atomic E-state index is 0.368. The highest BCUT2D eigenvalue weighted by atomic mass is 32.1. The van der Waals surface area contributed by atoms with Gasteiger partial charge in [-0.2, -0.15) is 0 Å². The van der Waals surface area contributed by atoms with Gasteiger partial charge in [0.2, 0.25) is 0 Å². The molecule has 1 atom stereocenters. The van der Waals surface area contributed by atoms with Crippen LogP contribution >= 0.6 is 11.3 Å². The van der Waals surface area contributed by atoms with E-state index in [1.807, 2.05) is 20.3 Å². The molecule has 0 aromatic carbocycles. The van der Waals surface area contributed by atoms with E-state index >= 15 is 0 Å². The van der Waals surface area contributed by atoms with E-state index in [2.05, 4.69) is 22.1 Å². The van der Waals surface area contributed by atoms with Crippen molar-refractivity contribution in [1.29, 1.82) is 0 Å². The van der Waals surface area contributed by atoms with Crippen molar-refractivity contribution < 1.29 is 4.74 Å². The Morgan fingerprint density at radius 2 is 2.40 bits per heavy atom. The van der Waals surface area contributed by atoms with Crippen LogP contribution in [0.25, 0.3) is 0 Å². The van der Waals surface area contributed by atoms with E-state index < -0.39 is 0 Å². The Kier molecular flexibility index (Phi) is 5.01. The largest absolute Gasteiger partial charge is 0.383 e. The molecule has 0 saturated carbocycles. The highest BCUT2D eigenvalue weighted by Gasteiger charge is 2.10. The lowest BCUT2D eigenvalue weighted by Gasteiger charge is -2.14. The number of aromatic nitrogens is 1. The average Bonchev–Trinajstić information content (AvgIpc) is 2.74. The smallest absolute Gasteiger partial charge is 0.185 e. The van der Waals surface area contributed by atoms with E-state index in [-0.39, 0.29) is 0 Å². The molecule has 1 aromatic heterocycles. The Labute approximate surface area is 95.3 Å². The lowest BCUT2D eigenvalue weighted by Crippen LogP contribution is -2.21. The second-order valence-electron chi connectivity index (χ2n) is 3.47. The molecule has 0 radical (unpaired) electrons. The summed E-state index contributed by atoms with van der Waals surface area (Å²) in [6.07, 6.45) is 1.93. The molecule has 1 heterocycles. The highest BCUT2D eigenvalue weighted by Crippen LogP contribution is 2.25. The summed E-state index contributed by atoms with van der Waals surface area (Å²) >= 11 is 1.72. The van der Waals surface area contributed by atoms with Crippen molar-refractivity contribution in [2.75, 3.05) is 39.3 Å². The van der Waals surface area contributed by atoms with Crippen LogP contribution in [0.1, 0.15) is 17.8 Å². The van der Waals surface area contributed by atoms with Crippen LogP contribution in [0.15, 0.2) is 6.20 Å². The summed E-state index contributed by atoms with van der Waals surface area (Å²) in [6, 6.07) is 0.368. The first kappa shape index (κ1) is 12.4. The number of likely N-dealkylation sites (N-methyl/N-ethyl adjacent to an activating group) is 1. The van der Waals surface area contributed by atoms with Gasteiger partial charge in [0.1, 0.15) is 0 Å². The van der Waals surface area contributed by atoms with Crippen LogP contribution in [-0.4, -0.2) is 39.3 Å². The number of hydrogen-bond donors (Lipinski definition) is 1. The standard InChI is InChI=1S/C10H19N3OS/c1-8(11-2)9-7-12-10(15-9)13(3)5-6-14-4/h7-8,11H,5-6H2,1-4H3. The fourth-order valence-electron chi connectivity index (χ4n) is 1.12. The van der Waals surface area contributed by atoms with Crippen molar-refractivity contribution in [2.24, 2.45) is 0 Å². The number of thiazole rings is 1. The first-order valence-corrected chi connectivity index (χ1v) is 5.83. The maximum atomic E-state index is 5.03. The summed E-state index contributed by atoms with van der Waals surface area (Å²) in [5.74, 6) is 0. The van der Waals surface area contributed by atoms with Crippen molar-refractivity contribution in [2.45, 2.75) is 13.0 Å². The number of hydrogen-bond acceptors (Lipinski definition) is 5. The third kappa shape index (κ3) is 3.44. The summed E-state index contributed by atoms with van der Waals surface area (Å²) in [5, 5.41) is 4.25. The number of anilines is 1. The van der Waals surface area contributed by atoms with Gasteiger partial charge in [-0.25, -0.2) is 4.98 Å². The van der Waals surface area contributed by atoms with Crippen LogP contribution in [0, 0.1) is 0 Å². The number of methoxy groups -OCH3 is 1. The maximum absolute atomic E-state index is 5.03. The predicted molar refractivity (Wildman–Crippen MR) is 64.7 cm³/mol. The lowest BCUT2D eigenvalue weighted by molar-refractivity contribution is 0.206. The van der Waals surface area contributed by atoms with Crippen LogP contribution in [-0.2, 0) is 4.74 Å². The SMILES string of the molecule is CNC(C)c1cnc(N(C)CCOC)s1. The molecule has 86 valence electrons. The van der Waals surface area contributed by atoms with Gasteiger partial charge in [0.15, 0.2) is 5.13 Å². The Morgan fingerprint density at radius 3 is 3.00 bits per heavy atom. The third-order valence-corrected chi connectivity index (χ3v) is 3.62. The van der Waals surface area contributed by atoms with Gasteiger partial charge in [0, 0.05) is 37.8 Å². The molecule has 0 bridgehead atoms. The second kappa shape index (κ2) is 6.05. The van der Waals surface area contributed by atoms with E-state index in [0.717, 1.165) is 18.3 Å². The summed E-state index contributed by atoms with van der Waals surface area (Å²) in [6.45, 7) is 3.73. The van der Waals surface area contributed by atoms with Crippen LogP contribution in [0.3, 0.4) is 0 Å². The fourth-order valence-corrected chi connectivity index (χ4v) is 2.08. The zero-order chi connectivity index (χ0) is 11.3. The molecule has 15 heavy (non-hydrogen) atoms. The van der Waals surface area contributed by atoms with Crippen LogP contribution in [0.4, 0.5) is 5.13 Å². The molecule has 1 unspecified atom stereocenters. The molecule has 0 aliphatic heterocycles. The molecular formula is C10H19N3OS. The number of ether oxygens (including phenoxy) is 1. The molecule has 1 rings (SSSR count). The second-order valence-corrected chi connectivity index (χ2v) is 4.51. The van der Waals surface area contributed by atoms with Crippen LogP contribution in [0.5, 0.6) is 0 Å². The minimum absolute atomic E-state index is 0.368. The number of rotatable bonds is 6. The van der Waals surface area contributed by atoms with Gasteiger partial charge in [-0.15, -0.1) is 11.3 Å². The Morgan fingerprint density at radius 1 is 1.67 bits per heavy atom. The first-order valence-electron chi connectivity index (χ1n) is 5.02. The van der Waals surface area contributed by atoms with E-state index in [4.69, 9.17) is 4.74 Å². The molecule has 0 aliphatic rings. The van der Waals surface area contributed by atoms with E-state index in [1.165, 1.54) is 4.88 Å². The monoisotopic (exact) mass is 229 g/mol. The Balaban J connectivity index is 2.58. The summed E-state index contributed by atoms with van der Waals surface area (Å²) < 4.78 is 5.03. The molecule has 4 nitrogen and oxygen atoms in total. The van der Waals surface area contributed by atoms with Crippen molar-refractivity contribution in [3.63, 3.8) is 0 Å². The maximum Gasteiger partial charge on any atom is 0.185 e. The molecule has 1 N–H and O–H groups in total. The highest BCUT2D eigenvalue weighted by molar-refractivity contribution is 7.15. The Bertz CT molecular complexity index is 290. The zero-order valence-electron chi connectivity index (χ0n) is 9.78. The quantitative estimate of drug-likeness (QED) is 0.802. The third-order valence-electron chi connectivity index (χ3n) is 2.33. The van der Waals surface area contributed by atoms with Gasteiger partial charge in [-0.3, -0.25) is 0 Å². The Hall–Kier alpha value is -0.650. The van der Waals surface area contributed by atoms with Crippen molar-refractivity contribution >= 4 is 16.5 Å².